The number of carbonyl (C=O) groups is 5. The van der Waals surface area contributed by atoms with Gasteiger partial charge in [0.2, 0.25) is 0 Å². The van der Waals surface area contributed by atoms with E-state index >= 15 is 0 Å². The van der Waals surface area contributed by atoms with Gasteiger partial charge in [-0.15, -0.1) is 0 Å². The van der Waals surface area contributed by atoms with E-state index in [4.69, 9.17) is 14.2 Å². The van der Waals surface area contributed by atoms with Crippen LogP contribution in [0.5, 0.6) is 0 Å². The van der Waals surface area contributed by atoms with Gasteiger partial charge in [-0.2, -0.15) is 5.26 Å². The first-order valence-corrected chi connectivity index (χ1v) is 15.8. The summed E-state index contributed by atoms with van der Waals surface area (Å²) < 4.78 is 17.3. The number of fused-ring (bicyclic) bond motifs is 1. The molecule has 0 spiro atoms. The van der Waals surface area contributed by atoms with Gasteiger partial charge in [-0.3, -0.25) is 23.7 Å². The molecule has 4 rings (SSSR count). The number of ether oxygens (including phenoxy) is 3. The van der Waals surface area contributed by atoms with Gasteiger partial charge in [0.05, 0.1) is 30.3 Å². The van der Waals surface area contributed by atoms with Crippen LogP contribution in [-0.2, 0) is 41.7 Å². The van der Waals surface area contributed by atoms with Crippen molar-refractivity contribution in [2.45, 2.75) is 78.0 Å². The van der Waals surface area contributed by atoms with Crippen molar-refractivity contribution in [2.24, 2.45) is 0 Å². The molecular formula is C35H39N5O11. The third-order valence-corrected chi connectivity index (χ3v) is 7.31. The molecule has 2 aromatic carbocycles. The van der Waals surface area contributed by atoms with Crippen LogP contribution in [0.3, 0.4) is 0 Å². The number of aliphatic hydroxyl groups excluding tert-OH is 1. The molecule has 3 N–H and O–H groups in total. The Kier molecular flexibility index (Phi) is 11.2. The van der Waals surface area contributed by atoms with Gasteiger partial charge < -0.3 is 34.6 Å². The number of carbonyl (C=O) groups excluding carboxylic acids is 4. The summed E-state index contributed by atoms with van der Waals surface area (Å²) in [4.78, 5) is 78.6. The van der Waals surface area contributed by atoms with Crippen LogP contribution in [0.15, 0.2) is 53.3 Å². The number of hydrogen-bond acceptors (Lipinski definition) is 11. The molecular weight excluding hydrogens is 666 g/mol. The van der Waals surface area contributed by atoms with Crippen molar-refractivity contribution in [2.75, 3.05) is 23.4 Å². The van der Waals surface area contributed by atoms with Crippen LogP contribution in [0.1, 0.15) is 52.7 Å². The lowest BCUT2D eigenvalue weighted by atomic mass is 10.1. The van der Waals surface area contributed by atoms with E-state index in [0.717, 1.165) is 4.57 Å². The maximum absolute atomic E-state index is 13.5. The standard InChI is InChI=1S/C35H39N5O11/c1-34(2,3)50-32(47)40(33(48)51-35(4,5)6)18-22-15-23(10-7-21(22)17-36)37-30(45)28(44)29-31(46)38(13-14-49-29)24-11-8-20-9-12-26(41)39(19-27(42)43)25(20)16-24/h7-12,15-16,28-29,44H,13-14,18-19H2,1-6H3,(H,37,45)(H,42,43)/t28-,29-/m1/s1. The summed E-state index contributed by atoms with van der Waals surface area (Å²) in [5, 5.41) is 33.1. The third-order valence-electron chi connectivity index (χ3n) is 7.31. The van der Waals surface area contributed by atoms with Gasteiger partial charge in [-0.25, -0.2) is 14.5 Å². The minimum absolute atomic E-state index is 0.0377. The molecule has 1 aromatic heterocycles. The number of aromatic nitrogens is 1. The number of nitrogens with zero attached hydrogens (tertiary/aromatic N) is 4. The zero-order valence-corrected chi connectivity index (χ0v) is 29.0. The number of nitriles is 1. The predicted molar refractivity (Wildman–Crippen MR) is 182 cm³/mol. The molecule has 1 saturated heterocycles. The number of morpholine rings is 1. The van der Waals surface area contributed by atoms with E-state index in [9.17, 15) is 44.2 Å². The minimum atomic E-state index is -2.01. The Labute approximate surface area is 292 Å². The highest BCUT2D eigenvalue weighted by Crippen LogP contribution is 2.26. The summed E-state index contributed by atoms with van der Waals surface area (Å²) in [6.45, 7) is 8.58. The van der Waals surface area contributed by atoms with E-state index in [-0.39, 0.29) is 41.2 Å². The lowest BCUT2D eigenvalue weighted by molar-refractivity contribution is -0.150. The first kappa shape index (κ1) is 38.0. The Bertz CT molecular complexity index is 1940. The Morgan fingerprint density at radius 3 is 2.22 bits per heavy atom. The van der Waals surface area contributed by atoms with Crippen molar-refractivity contribution in [3.8, 4) is 6.07 Å². The van der Waals surface area contributed by atoms with Gasteiger partial charge in [0.25, 0.3) is 17.4 Å². The molecule has 1 aliphatic heterocycles. The Hall–Kier alpha value is -5.79. The van der Waals surface area contributed by atoms with E-state index < -0.39 is 72.0 Å². The van der Waals surface area contributed by atoms with E-state index in [1.807, 2.05) is 6.07 Å². The maximum Gasteiger partial charge on any atom is 0.420 e. The number of nitrogens with one attached hydrogen (secondary N) is 1. The number of amides is 4. The van der Waals surface area contributed by atoms with E-state index in [2.05, 4.69) is 5.32 Å². The van der Waals surface area contributed by atoms with Crippen molar-refractivity contribution in [1.82, 2.24) is 9.47 Å². The molecule has 0 saturated carbocycles. The highest BCUT2D eigenvalue weighted by molar-refractivity contribution is 6.04. The molecule has 0 unspecified atom stereocenters. The Morgan fingerprint density at radius 2 is 1.63 bits per heavy atom. The number of aliphatic hydroxyl groups is 1. The average Bonchev–Trinajstić information content (AvgIpc) is 3.02. The monoisotopic (exact) mass is 705 g/mol. The quantitative estimate of drug-likeness (QED) is 0.307. The van der Waals surface area contributed by atoms with Crippen LogP contribution in [0.4, 0.5) is 21.0 Å². The number of anilines is 2. The highest BCUT2D eigenvalue weighted by Gasteiger charge is 2.40. The van der Waals surface area contributed by atoms with Gasteiger partial charge in [-0.1, -0.05) is 6.07 Å². The fraction of sp³-hybridized carbons (Fsp3) is 0.400. The summed E-state index contributed by atoms with van der Waals surface area (Å²) in [5.74, 6) is -3.03. The lowest BCUT2D eigenvalue weighted by Gasteiger charge is -2.34. The van der Waals surface area contributed by atoms with Gasteiger partial charge in [0, 0.05) is 24.0 Å². The molecule has 2 atom stereocenters. The number of aliphatic carboxylic acids is 1. The summed E-state index contributed by atoms with van der Waals surface area (Å²) in [6.07, 6.45) is -5.71. The number of benzene rings is 2. The van der Waals surface area contributed by atoms with Crippen LogP contribution in [0.25, 0.3) is 10.9 Å². The van der Waals surface area contributed by atoms with Crippen LogP contribution in [0.2, 0.25) is 0 Å². The van der Waals surface area contributed by atoms with E-state index in [1.54, 1.807) is 53.7 Å². The Balaban J connectivity index is 1.56. The van der Waals surface area contributed by atoms with Gasteiger partial charge >= 0.3 is 18.2 Å². The molecule has 3 aromatic rings. The van der Waals surface area contributed by atoms with Crippen LogP contribution < -0.4 is 15.8 Å². The Morgan fingerprint density at radius 1 is 1.00 bits per heavy atom. The largest absolute Gasteiger partial charge is 0.480 e. The van der Waals surface area contributed by atoms with Gasteiger partial charge in [0.1, 0.15) is 17.7 Å². The molecule has 4 amide bonds. The molecule has 16 nitrogen and oxygen atoms in total. The fourth-order valence-corrected chi connectivity index (χ4v) is 5.10. The molecule has 2 heterocycles. The summed E-state index contributed by atoms with van der Waals surface area (Å²) in [6, 6.07) is 13.4. The number of pyridine rings is 1. The molecule has 0 radical (unpaired) electrons. The summed E-state index contributed by atoms with van der Waals surface area (Å²) in [7, 11) is 0. The molecule has 1 aliphatic rings. The second kappa shape index (κ2) is 15.0. The number of carboxylic acid groups (broad SMARTS) is 1. The second-order valence-corrected chi connectivity index (χ2v) is 13.6. The van der Waals surface area contributed by atoms with Crippen molar-refractivity contribution < 1.29 is 48.4 Å². The van der Waals surface area contributed by atoms with Gasteiger partial charge in [-0.05, 0) is 88.9 Å². The first-order valence-electron chi connectivity index (χ1n) is 15.8. The molecule has 0 bridgehead atoms. The molecule has 16 heteroatoms. The zero-order chi connectivity index (χ0) is 37.8. The summed E-state index contributed by atoms with van der Waals surface area (Å²) >= 11 is 0. The van der Waals surface area contributed by atoms with Crippen LogP contribution in [-0.4, -0.2) is 86.2 Å². The molecule has 270 valence electrons. The van der Waals surface area contributed by atoms with Crippen molar-refractivity contribution >= 4 is 52.2 Å². The predicted octanol–water partition coefficient (Wildman–Crippen LogP) is 3.36. The zero-order valence-electron chi connectivity index (χ0n) is 29.0. The smallest absolute Gasteiger partial charge is 0.420 e. The van der Waals surface area contributed by atoms with Crippen molar-refractivity contribution in [3.63, 3.8) is 0 Å². The molecule has 51 heavy (non-hydrogen) atoms. The third kappa shape index (κ3) is 9.47. The van der Waals surface area contributed by atoms with E-state index in [0.29, 0.717) is 10.3 Å². The first-order chi connectivity index (χ1) is 23.8. The fourth-order valence-electron chi connectivity index (χ4n) is 5.10. The summed E-state index contributed by atoms with van der Waals surface area (Å²) in [5.41, 5.74) is -1.66. The van der Waals surface area contributed by atoms with E-state index in [1.165, 1.54) is 41.3 Å². The van der Waals surface area contributed by atoms with Gasteiger partial charge in [0.15, 0.2) is 12.2 Å². The minimum Gasteiger partial charge on any atom is -0.480 e. The van der Waals surface area contributed by atoms with Crippen molar-refractivity contribution in [1.29, 1.82) is 5.26 Å². The van der Waals surface area contributed by atoms with Crippen LogP contribution in [0, 0.1) is 11.3 Å². The maximum atomic E-state index is 13.5. The topological polar surface area (TPSA) is 218 Å². The lowest BCUT2D eigenvalue weighted by Crippen LogP contribution is -2.55. The number of rotatable bonds is 8. The van der Waals surface area contributed by atoms with Crippen LogP contribution >= 0.6 is 0 Å². The normalized spacial score (nSPS) is 15.5. The number of hydrogen-bond donors (Lipinski definition) is 3. The average molecular weight is 706 g/mol. The molecule has 0 aliphatic carbocycles. The molecule has 1 fully saturated rings. The number of imide groups is 1. The van der Waals surface area contributed by atoms with Crippen molar-refractivity contribution in [3.05, 3.63) is 70.0 Å². The SMILES string of the molecule is CC(C)(C)OC(=O)N(Cc1cc(NC(=O)[C@H](O)[C@H]2OCCN(c3ccc4ccc(=O)n(CC(=O)O)c4c3)C2=O)ccc1C#N)C(=O)OC(C)(C)C. The number of carboxylic acids is 1. The second-order valence-electron chi connectivity index (χ2n) is 13.6. The highest BCUT2D eigenvalue weighted by atomic mass is 16.6.